The highest BCUT2D eigenvalue weighted by Crippen LogP contribution is 2.39. The molecular weight excluding hydrogens is 616 g/mol. The van der Waals surface area contributed by atoms with Crippen molar-refractivity contribution in [2.24, 2.45) is 0 Å². The molecule has 2 fully saturated rings. The summed E-state index contributed by atoms with van der Waals surface area (Å²) < 4.78 is 7.69. The molecule has 1 amide bonds. The van der Waals surface area contributed by atoms with Gasteiger partial charge in [-0.05, 0) is 57.3 Å². The molecule has 4 aliphatic rings. The first-order valence-corrected chi connectivity index (χ1v) is 16.7. The van der Waals surface area contributed by atoms with Crippen molar-refractivity contribution in [3.8, 4) is 12.1 Å². The Hall–Kier alpha value is -4.47. The molecule has 3 aromatic rings. The van der Waals surface area contributed by atoms with E-state index in [2.05, 4.69) is 69.0 Å². The molecule has 0 bridgehead atoms. The van der Waals surface area contributed by atoms with Crippen LogP contribution in [-0.2, 0) is 24.2 Å². The van der Waals surface area contributed by atoms with Gasteiger partial charge >= 0.3 is 6.01 Å². The summed E-state index contributed by atoms with van der Waals surface area (Å²) in [7, 11) is 2.13. The van der Waals surface area contributed by atoms with E-state index >= 15 is 0 Å². The molecule has 12 nitrogen and oxygen atoms in total. The van der Waals surface area contributed by atoms with E-state index < -0.39 is 0 Å². The summed E-state index contributed by atoms with van der Waals surface area (Å²) in [4.78, 5) is 32.1. The monoisotopic (exact) mass is 654 g/mol. The number of hydrogen-bond donors (Lipinski definition) is 0. The Labute approximate surface area is 279 Å². The third kappa shape index (κ3) is 6.17. The average Bonchev–Trinajstić information content (AvgIpc) is 3.78. The summed E-state index contributed by atoms with van der Waals surface area (Å²) in [5.74, 6) is 0.557. The van der Waals surface area contributed by atoms with Crippen LogP contribution in [0.3, 0.4) is 0 Å². The molecule has 5 heterocycles. The molecule has 13 heteroatoms. The summed E-state index contributed by atoms with van der Waals surface area (Å²) >= 11 is 6.77. The third-order valence-corrected chi connectivity index (χ3v) is 10.2. The maximum atomic E-state index is 13.5. The standard InChI is InChI=1S/C34H39ClN10O2/c1-23(45-17-14-37-40-45)33(46)44-19-18-43(20-25(44)11-13-36)32-27-12-16-42(30-10-4-7-24-6-3-9-28(35)31(24)30)21-29(27)38-34(39-32)47-22-26-8-5-15-41(26)2/h4,7,9-10,14,17,25-26H,1,3,5-6,8,11-12,15-16,18-22H2,2H3/t25-,26-/m0/s1. The van der Waals surface area contributed by atoms with Gasteiger partial charge in [0, 0.05) is 54.1 Å². The van der Waals surface area contributed by atoms with Gasteiger partial charge in [-0.15, -0.1) is 5.10 Å². The Balaban J connectivity index is 1.19. The van der Waals surface area contributed by atoms with Gasteiger partial charge in [-0.3, -0.25) is 4.79 Å². The number of aryl methyl sites for hydroxylation is 1. The van der Waals surface area contributed by atoms with Crippen LogP contribution in [0.2, 0.25) is 0 Å². The van der Waals surface area contributed by atoms with Gasteiger partial charge in [0.2, 0.25) is 0 Å². The second-order valence-corrected chi connectivity index (χ2v) is 13.1. The maximum Gasteiger partial charge on any atom is 0.318 e. The van der Waals surface area contributed by atoms with Crippen LogP contribution in [0.1, 0.15) is 48.1 Å². The number of carbonyl (C=O) groups excluding carboxylic acids is 1. The number of likely N-dealkylation sites (N-methyl/N-ethyl adjacent to an activating group) is 1. The molecule has 0 N–H and O–H groups in total. The van der Waals surface area contributed by atoms with Crippen molar-refractivity contribution < 1.29 is 9.53 Å². The Morgan fingerprint density at radius 3 is 2.83 bits per heavy atom. The summed E-state index contributed by atoms with van der Waals surface area (Å²) in [6.45, 7) is 8.33. The number of allylic oxidation sites excluding steroid dienone is 1. The summed E-state index contributed by atoms with van der Waals surface area (Å²) in [6, 6.07) is 9.05. The minimum Gasteiger partial charge on any atom is -0.462 e. The van der Waals surface area contributed by atoms with Crippen molar-refractivity contribution in [2.75, 3.05) is 56.2 Å². The normalized spacial score (nSPS) is 21.1. The zero-order valence-electron chi connectivity index (χ0n) is 26.7. The van der Waals surface area contributed by atoms with Crippen molar-refractivity contribution in [3.05, 3.63) is 65.6 Å². The fourth-order valence-corrected chi connectivity index (χ4v) is 7.61. The number of rotatable bonds is 8. The van der Waals surface area contributed by atoms with E-state index in [1.165, 1.54) is 16.4 Å². The molecule has 2 saturated heterocycles. The number of halogens is 1. The van der Waals surface area contributed by atoms with E-state index in [0.717, 1.165) is 78.6 Å². The van der Waals surface area contributed by atoms with E-state index in [0.29, 0.717) is 44.8 Å². The topological polar surface area (TPSA) is 120 Å². The number of anilines is 2. The first kappa shape index (κ1) is 31.1. The largest absolute Gasteiger partial charge is 0.462 e. The molecular formula is C34H39ClN10O2. The highest BCUT2D eigenvalue weighted by molar-refractivity contribution is 6.49. The molecule has 2 aromatic heterocycles. The summed E-state index contributed by atoms with van der Waals surface area (Å²) in [5.41, 5.74) is 5.73. The first-order valence-electron chi connectivity index (χ1n) is 16.4. The van der Waals surface area contributed by atoms with E-state index in [9.17, 15) is 10.1 Å². The number of nitriles is 1. The Kier molecular flexibility index (Phi) is 8.84. The highest BCUT2D eigenvalue weighted by atomic mass is 35.5. The smallest absolute Gasteiger partial charge is 0.318 e. The van der Waals surface area contributed by atoms with Crippen LogP contribution in [0.25, 0.3) is 10.7 Å². The zero-order chi connectivity index (χ0) is 32.5. The Morgan fingerprint density at radius 2 is 2.04 bits per heavy atom. The maximum absolute atomic E-state index is 13.5. The number of nitrogens with zero attached hydrogens (tertiary/aromatic N) is 10. The summed E-state index contributed by atoms with van der Waals surface area (Å²) in [6.07, 6.45) is 10.3. The molecule has 0 saturated carbocycles. The van der Waals surface area contributed by atoms with Crippen LogP contribution in [0.4, 0.5) is 11.5 Å². The molecule has 3 aliphatic heterocycles. The van der Waals surface area contributed by atoms with Gasteiger partial charge in [0.15, 0.2) is 0 Å². The van der Waals surface area contributed by atoms with Crippen molar-refractivity contribution in [2.45, 2.75) is 57.2 Å². The number of fused-ring (bicyclic) bond motifs is 2. The van der Waals surface area contributed by atoms with Gasteiger partial charge in [-0.1, -0.05) is 41.6 Å². The predicted octanol–water partition coefficient (Wildman–Crippen LogP) is 3.73. The van der Waals surface area contributed by atoms with Crippen molar-refractivity contribution in [3.63, 3.8) is 0 Å². The van der Waals surface area contributed by atoms with E-state index in [-0.39, 0.29) is 24.1 Å². The van der Waals surface area contributed by atoms with Gasteiger partial charge in [-0.25, -0.2) is 4.68 Å². The quantitative estimate of drug-likeness (QED) is 0.332. The van der Waals surface area contributed by atoms with Gasteiger partial charge in [-0.2, -0.15) is 15.2 Å². The number of carbonyl (C=O) groups is 1. The molecule has 0 unspecified atom stereocenters. The first-order chi connectivity index (χ1) is 22.9. The molecule has 47 heavy (non-hydrogen) atoms. The molecule has 2 atom stereocenters. The average molecular weight is 655 g/mol. The Morgan fingerprint density at radius 1 is 1.15 bits per heavy atom. The van der Waals surface area contributed by atoms with Crippen LogP contribution >= 0.6 is 11.6 Å². The second-order valence-electron chi connectivity index (χ2n) is 12.7. The van der Waals surface area contributed by atoms with Gasteiger partial charge in [0.05, 0.1) is 43.2 Å². The minimum absolute atomic E-state index is 0.179. The molecule has 1 aromatic carbocycles. The highest BCUT2D eigenvalue weighted by Gasteiger charge is 2.35. The number of aromatic nitrogens is 5. The number of piperazine rings is 1. The lowest BCUT2D eigenvalue weighted by Gasteiger charge is -2.42. The molecule has 0 spiro atoms. The lowest BCUT2D eigenvalue weighted by Crippen LogP contribution is -2.56. The van der Waals surface area contributed by atoms with Crippen molar-refractivity contribution in [1.29, 1.82) is 5.26 Å². The summed E-state index contributed by atoms with van der Waals surface area (Å²) in [5, 5.41) is 18.3. The number of likely N-dealkylation sites (tertiary alicyclic amines) is 1. The van der Waals surface area contributed by atoms with Gasteiger partial charge < -0.3 is 24.3 Å². The van der Waals surface area contributed by atoms with E-state index in [4.69, 9.17) is 26.3 Å². The molecule has 0 radical (unpaired) electrons. The lowest BCUT2D eigenvalue weighted by atomic mass is 9.94. The predicted molar refractivity (Wildman–Crippen MR) is 180 cm³/mol. The van der Waals surface area contributed by atoms with Crippen LogP contribution in [0.15, 0.2) is 43.2 Å². The van der Waals surface area contributed by atoms with E-state index in [1.807, 2.05) is 0 Å². The number of benzene rings is 1. The number of amides is 1. The SMILES string of the molecule is C=C(C(=O)N1CCN(c2nc(OC[C@@H]3CCCN3C)nc3c2CCN(c2cccc4c2C(Cl)=CCC4)C3)C[C@@H]1CC#N)n1ccnn1. The number of ether oxygens (including phenoxy) is 1. The van der Waals surface area contributed by atoms with Crippen molar-refractivity contribution >= 4 is 39.7 Å². The fraction of sp³-hybridized carbons (Fsp3) is 0.471. The molecule has 7 rings (SSSR count). The van der Waals surface area contributed by atoms with Crippen LogP contribution < -0.4 is 14.5 Å². The lowest BCUT2D eigenvalue weighted by molar-refractivity contribution is -0.128. The fourth-order valence-electron chi connectivity index (χ4n) is 7.28. The van der Waals surface area contributed by atoms with Gasteiger partial charge in [0.1, 0.15) is 18.1 Å². The number of hydrogen-bond acceptors (Lipinski definition) is 10. The van der Waals surface area contributed by atoms with Crippen molar-refractivity contribution in [1.82, 2.24) is 34.8 Å². The zero-order valence-corrected chi connectivity index (χ0v) is 27.4. The molecule has 1 aliphatic carbocycles. The van der Waals surface area contributed by atoms with Gasteiger partial charge in [0.25, 0.3) is 5.91 Å². The second kappa shape index (κ2) is 13.3. The molecule has 244 valence electrons. The Bertz CT molecular complexity index is 1730. The third-order valence-electron chi connectivity index (χ3n) is 9.86. The van der Waals surface area contributed by atoms with Crippen LogP contribution in [0, 0.1) is 11.3 Å². The van der Waals surface area contributed by atoms with E-state index in [1.54, 1.807) is 11.1 Å². The van der Waals surface area contributed by atoms with Crippen LogP contribution in [-0.4, -0.2) is 99.1 Å². The minimum atomic E-state index is -0.353. The van der Waals surface area contributed by atoms with Crippen LogP contribution in [0.5, 0.6) is 6.01 Å².